The van der Waals surface area contributed by atoms with E-state index in [0.717, 1.165) is 24.2 Å². The molecule has 2 bridgehead atoms. The molecule has 0 aliphatic carbocycles. The zero-order valence-corrected chi connectivity index (χ0v) is 13.2. The predicted octanol–water partition coefficient (Wildman–Crippen LogP) is 2.37. The smallest absolute Gasteiger partial charge is 0.0991 e. The van der Waals surface area contributed by atoms with Crippen molar-refractivity contribution in [3.05, 3.63) is 41.6 Å². The summed E-state index contributed by atoms with van der Waals surface area (Å²) in [4.78, 5) is 0. The highest BCUT2D eigenvalue weighted by molar-refractivity contribution is 5.63. The van der Waals surface area contributed by atoms with Crippen LogP contribution in [0.1, 0.15) is 30.4 Å². The van der Waals surface area contributed by atoms with Gasteiger partial charge >= 0.3 is 0 Å². The molecule has 1 aromatic carbocycles. The Morgan fingerprint density at radius 1 is 1.35 bits per heavy atom. The van der Waals surface area contributed by atoms with Gasteiger partial charge in [0.2, 0.25) is 0 Å². The maximum absolute atomic E-state index is 8.92. The van der Waals surface area contributed by atoms with Crippen LogP contribution in [0.5, 0.6) is 0 Å². The first kappa shape index (κ1) is 14.4. The first-order valence-electron chi connectivity index (χ1n) is 8.15. The Labute approximate surface area is 135 Å². The van der Waals surface area contributed by atoms with Crippen LogP contribution in [-0.2, 0) is 18.3 Å². The van der Waals surface area contributed by atoms with Gasteiger partial charge in [-0.05, 0) is 31.4 Å². The van der Waals surface area contributed by atoms with Crippen LogP contribution in [0.15, 0.2) is 30.5 Å². The van der Waals surface area contributed by atoms with Crippen LogP contribution in [0, 0.1) is 11.3 Å². The van der Waals surface area contributed by atoms with Crippen molar-refractivity contribution in [2.45, 2.75) is 44.1 Å². The first-order chi connectivity index (χ1) is 11.2. The molecule has 2 fully saturated rings. The fourth-order valence-corrected chi connectivity index (χ4v) is 3.71. The highest BCUT2D eigenvalue weighted by atomic mass is 16.5. The van der Waals surface area contributed by atoms with E-state index in [2.05, 4.69) is 22.7 Å². The van der Waals surface area contributed by atoms with Gasteiger partial charge in [0.15, 0.2) is 0 Å². The van der Waals surface area contributed by atoms with Crippen LogP contribution in [0.3, 0.4) is 0 Å². The third-order valence-corrected chi connectivity index (χ3v) is 4.85. The molecule has 23 heavy (non-hydrogen) atoms. The van der Waals surface area contributed by atoms with E-state index in [1.165, 1.54) is 18.4 Å². The van der Waals surface area contributed by atoms with Crippen LogP contribution in [0.2, 0.25) is 0 Å². The van der Waals surface area contributed by atoms with Gasteiger partial charge in [0.25, 0.3) is 0 Å². The lowest BCUT2D eigenvalue weighted by Gasteiger charge is -2.20. The van der Waals surface area contributed by atoms with Crippen molar-refractivity contribution >= 4 is 0 Å². The SMILES string of the molecule is Cn1cc(CN[C@H]2C[C@H]3CC[C@H]2O3)c(-c2ccc(C#N)cc2)n1. The highest BCUT2D eigenvalue weighted by Crippen LogP contribution is 2.34. The zero-order chi connectivity index (χ0) is 15.8. The number of aryl methyl sites for hydroxylation is 1. The molecular formula is C18H20N4O. The number of hydrogen-bond acceptors (Lipinski definition) is 4. The van der Waals surface area contributed by atoms with Crippen molar-refractivity contribution in [1.82, 2.24) is 15.1 Å². The Bertz CT molecular complexity index is 743. The lowest BCUT2D eigenvalue weighted by molar-refractivity contribution is 0.0973. The van der Waals surface area contributed by atoms with Crippen molar-refractivity contribution in [3.63, 3.8) is 0 Å². The van der Waals surface area contributed by atoms with Crippen LogP contribution in [0.25, 0.3) is 11.3 Å². The molecule has 0 amide bonds. The van der Waals surface area contributed by atoms with Crippen LogP contribution < -0.4 is 5.32 Å². The number of nitrogens with zero attached hydrogens (tertiary/aromatic N) is 3. The highest BCUT2D eigenvalue weighted by Gasteiger charge is 2.40. The minimum atomic E-state index is 0.384. The average Bonchev–Trinajstić information content (AvgIpc) is 3.28. The normalized spacial score (nSPS) is 25.7. The lowest BCUT2D eigenvalue weighted by Crippen LogP contribution is -2.37. The number of ether oxygens (including phenoxy) is 1. The number of hydrogen-bond donors (Lipinski definition) is 1. The molecule has 5 nitrogen and oxygen atoms in total. The van der Waals surface area contributed by atoms with Gasteiger partial charge in [0, 0.05) is 37.0 Å². The molecule has 4 rings (SSSR count). The minimum Gasteiger partial charge on any atom is -0.373 e. The summed E-state index contributed by atoms with van der Waals surface area (Å²) in [6, 6.07) is 10.2. The second kappa shape index (κ2) is 5.80. The zero-order valence-electron chi connectivity index (χ0n) is 13.2. The lowest BCUT2D eigenvalue weighted by atomic mass is 9.95. The number of aromatic nitrogens is 2. The van der Waals surface area contributed by atoms with Crippen molar-refractivity contribution in [3.8, 4) is 17.3 Å². The van der Waals surface area contributed by atoms with Crippen molar-refractivity contribution in [1.29, 1.82) is 5.26 Å². The molecule has 5 heteroatoms. The molecule has 3 atom stereocenters. The fraction of sp³-hybridized carbons (Fsp3) is 0.444. The summed E-state index contributed by atoms with van der Waals surface area (Å²) in [6.45, 7) is 0.792. The molecule has 118 valence electrons. The molecule has 0 spiro atoms. The summed E-state index contributed by atoms with van der Waals surface area (Å²) < 4.78 is 7.75. The van der Waals surface area contributed by atoms with Crippen LogP contribution in [0.4, 0.5) is 0 Å². The van der Waals surface area contributed by atoms with E-state index in [1.54, 1.807) is 0 Å². The second-order valence-electron chi connectivity index (χ2n) is 6.46. The van der Waals surface area contributed by atoms with Crippen molar-refractivity contribution < 1.29 is 4.74 Å². The van der Waals surface area contributed by atoms with E-state index < -0.39 is 0 Å². The Hall–Kier alpha value is -2.16. The van der Waals surface area contributed by atoms with E-state index in [-0.39, 0.29) is 0 Å². The summed E-state index contributed by atoms with van der Waals surface area (Å²) in [6.07, 6.45) is 6.43. The van der Waals surface area contributed by atoms with E-state index in [0.29, 0.717) is 23.8 Å². The topological polar surface area (TPSA) is 62.9 Å². The molecule has 0 unspecified atom stereocenters. The van der Waals surface area contributed by atoms with Gasteiger partial charge in [0.05, 0.1) is 29.5 Å². The van der Waals surface area contributed by atoms with Gasteiger partial charge in [0.1, 0.15) is 0 Å². The second-order valence-corrected chi connectivity index (χ2v) is 6.46. The number of nitriles is 1. The molecule has 2 aliphatic rings. The van der Waals surface area contributed by atoms with Gasteiger partial charge < -0.3 is 10.1 Å². The third-order valence-electron chi connectivity index (χ3n) is 4.85. The van der Waals surface area contributed by atoms with Crippen LogP contribution in [-0.4, -0.2) is 28.0 Å². The largest absolute Gasteiger partial charge is 0.373 e. The minimum absolute atomic E-state index is 0.384. The van der Waals surface area contributed by atoms with Gasteiger partial charge in [-0.1, -0.05) is 12.1 Å². The molecule has 1 aromatic heterocycles. The Morgan fingerprint density at radius 3 is 2.83 bits per heavy atom. The molecule has 3 heterocycles. The summed E-state index contributed by atoms with van der Waals surface area (Å²) in [5.41, 5.74) is 3.88. The van der Waals surface area contributed by atoms with Gasteiger partial charge in [-0.2, -0.15) is 10.4 Å². The summed E-state index contributed by atoms with van der Waals surface area (Å²) in [5.74, 6) is 0. The molecular weight excluding hydrogens is 288 g/mol. The van der Waals surface area contributed by atoms with Crippen molar-refractivity contribution in [2.24, 2.45) is 7.05 Å². The summed E-state index contributed by atoms with van der Waals surface area (Å²) >= 11 is 0. The Balaban J connectivity index is 1.51. The predicted molar refractivity (Wildman–Crippen MR) is 86.5 cm³/mol. The monoisotopic (exact) mass is 308 g/mol. The Kier molecular flexibility index (Phi) is 3.64. The molecule has 0 saturated carbocycles. The molecule has 2 saturated heterocycles. The van der Waals surface area contributed by atoms with Crippen LogP contribution >= 0.6 is 0 Å². The van der Waals surface area contributed by atoms with E-state index >= 15 is 0 Å². The standard InChI is InChI=1S/C18H20N4O/c1-22-11-14(10-20-16-8-15-6-7-17(16)23-15)18(21-22)13-4-2-12(9-19)3-5-13/h2-5,11,15-17,20H,6-8,10H2,1H3/t15-,16+,17-/m1/s1. The quantitative estimate of drug-likeness (QED) is 0.942. The Morgan fingerprint density at radius 2 is 2.17 bits per heavy atom. The molecule has 2 aromatic rings. The summed E-state index contributed by atoms with van der Waals surface area (Å²) in [7, 11) is 1.94. The van der Waals surface area contributed by atoms with Gasteiger partial charge in [-0.3, -0.25) is 4.68 Å². The summed E-state index contributed by atoms with van der Waals surface area (Å²) in [5, 5.41) is 17.2. The first-order valence-corrected chi connectivity index (χ1v) is 8.15. The number of benzene rings is 1. The number of rotatable bonds is 4. The molecule has 0 radical (unpaired) electrons. The fourth-order valence-electron chi connectivity index (χ4n) is 3.71. The maximum atomic E-state index is 8.92. The molecule has 1 N–H and O–H groups in total. The third kappa shape index (κ3) is 2.76. The van der Waals surface area contributed by atoms with E-state index in [4.69, 9.17) is 10.00 Å². The maximum Gasteiger partial charge on any atom is 0.0991 e. The number of fused-ring (bicyclic) bond motifs is 2. The van der Waals surface area contributed by atoms with Gasteiger partial charge in [-0.25, -0.2) is 0 Å². The average molecular weight is 308 g/mol. The van der Waals surface area contributed by atoms with E-state index in [1.807, 2.05) is 36.0 Å². The molecule has 2 aliphatic heterocycles. The van der Waals surface area contributed by atoms with Gasteiger partial charge in [-0.15, -0.1) is 0 Å². The van der Waals surface area contributed by atoms with Crippen molar-refractivity contribution in [2.75, 3.05) is 0 Å². The number of nitrogens with one attached hydrogen (secondary N) is 1. The van der Waals surface area contributed by atoms with E-state index in [9.17, 15) is 0 Å².